The normalized spacial score (nSPS) is 8.38. The largest absolute Gasteiger partial charge is 0.364 e. The molecule has 0 spiro atoms. The first-order valence-corrected chi connectivity index (χ1v) is 2.42. The van der Waals surface area contributed by atoms with E-state index < -0.39 is 0 Å². The summed E-state index contributed by atoms with van der Waals surface area (Å²) in [4.78, 5) is 2.92. The van der Waals surface area contributed by atoms with E-state index in [2.05, 4.69) is 4.98 Å². The molecular formula is C6H6N2. The number of H-pyrrole nitrogens is 1. The van der Waals surface area contributed by atoms with Crippen molar-refractivity contribution in [1.29, 1.82) is 5.26 Å². The molecule has 0 bridgehead atoms. The van der Waals surface area contributed by atoms with Gasteiger partial charge in [0.05, 0.1) is 12.5 Å². The van der Waals surface area contributed by atoms with Crippen molar-refractivity contribution in [3.05, 3.63) is 24.0 Å². The number of hydrogen-bond donors (Lipinski definition) is 1. The van der Waals surface area contributed by atoms with Crippen LogP contribution in [0.3, 0.4) is 0 Å². The summed E-state index contributed by atoms with van der Waals surface area (Å²) in [5.74, 6) is 0. The molecule has 0 aliphatic carbocycles. The maximum atomic E-state index is 8.17. The van der Waals surface area contributed by atoms with E-state index in [4.69, 9.17) is 5.26 Å². The van der Waals surface area contributed by atoms with Gasteiger partial charge >= 0.3 is 0 Å². The number of aromatic nitrogens is 1. The summed E-state index contributed by atoms with van der Waals surface area (Å²) >= 11 is 0. The average Bonchev–Trinajstić information content (AvgIpc) is 2.19. The summed E-state index contributed by atoms with van der Waals surface area (Å²) in [6.07, 6.45) is 2.29. The van der Waals surface area contributed by atoms with Crippen LogP contribution in [0.25, 0.3) is 0 Å². The molecule has 2 nitrogen and oxygen atoms in total. The van der Waals surface area contributed by atoms with Crippen molar-refractivity contribution in [3.63, 3.8) is 0 Å². The van der Waals surface area contributed by atoms with Gasteiger partial charge in [-0.25, -0.2) is 0 Å². The van der Waals surface area contributed by atoms with Gasteiger partial charge in [0.25, 0.3) is 0 Å². The van der Waals surface area contributed by atoms with Crippen molar-refractivity contribution in [1.82, 2.24) is 4.98 Å². The van der Waals surface area contributed by atoms with Crippen LogP contribution in [0.2, 0.25) is 0 Å². The topological polar surface area (TPSA) is 39.6 Å². The molecule has 1 aromatic heterocycles. The minimum absolute atomic E-state index is 0.479. The Hall–Kier alpha value is -1.23. The van der Waals surface area contributed by atoms with Crippen molar-refractivity contribution in [2.45, 2.75) is 6.42 Å². The molecule has 40 valence electrons. The maximum absolute atomic E-state index is 8.17. The van der Waals surface area contributed by atoms with Crippen LogP contribution in [0.1, 0.15) is 5.69 Å². The molecule has 0 fully saturated rings. The van der Waals surface area contributed by atoms with Gasteiger partial charge in [-0.15, -0.1) is 0 Å². The maximum Gasteiger partial charge on any atom is 0.0752 e. The fourth-order valence-electron chi connectivity index (χ4n) is 0.563. The van der Waals surface area contributed by atoms with Gasteiger partial charge in [0.2, 0.25) is 0 Å². The molecule has 0 aromatic carbocycles. The van der Waals surface area contributed by atoms with E-state index in [-0.39, 0.29) is 0 Å². The molecular weight excluding hydrogens is 100 g/mol. The van der Waals surface area contributed by atoms with Crippen LogP contribution >= 0.6 is 0 Å². The molecule has 8 heavy (non-hydrogen) atoms. The Bertz CT molecular complexity index is 181. The summed E-state index contributed by atoms with van der Waals surface area (Å²) in [6.45, 7) is 0. The lowest BCUT2D eigenvalue weighted by Gasteiger charge is -1.79. The van der Waals surface area contributed by atoms with Crippen molar-refractivity contribution in [2.24, 2.45) is 0 Å². The fraction of sp³-hybridized carbons (Fsp3) is 0.167. The number of rotatable bonds is 1. The van der Waals surface area contributed by atoms with Gasteiger partial charge in [-0.1, -0.05) is 0 Å². The molecule has 0 aliphatic rings. The van der Waals surface area contributed by atoms with Gasteiger partial charge in [-0.05, 0) is 12.1 Å². The van der Waals surface area contributed by atoms with Crippen LogP contribution in [-0.2, 0) is 6.42 Å². The molecule has 0 atom stereocenters. The smallest absolute Gasteiger partial charge is 0.0752 e. The third-order valence-corrected chi connectivity index (χ3v) is 0.932. The lowest BCUT2D eigenvalue weighted by molar-refractivity contribution is 1.16. The predicted octanol–water partition coefficient (Wildman–Crippen LogP) is 1.08. The fourth-order valence-corrected chi connectivity index (χ4v) is 0.563. The quantitative estimate of drug-likeness (QED) is 0.571. The number of aromatic amines is 1. The van der Waals surface area contributed by atoms with Gasteiger partial charge in [0.1, 0.15) is 0 Å². The number of hydrogen-bond acceptors (Lipinski definition) is 1. The van der Waals surface area contributed by atoms with E-state index in [1.54, 1.807) is 0 Å². The molecule has 0 aliphatic heterocycles. The number of nitrogens with zero attached hydrogens (tertiary/aromatic N) is 1. The van der Waals surface area contributed by atoms with Crippen molar-refractivity contribution >= 4 is 0 Å². The van der Waals surface area contributed by atoms with Gasteiger partial charge in [-0.2, -0.15) is 5.26 Å². The van der Waals surface area contributed by atoms with Crippen LogP contribution in [-0.4, -0.2) is 4.98 Å². The van der Waals surface area contributed by atoms with Crippen LogP contribution in [0.15, 0.2) is 18.3 Å². The van der Waals surface area contributed by atoms with E-state index in [1.165, 1.54) is 0 Å². The van der Waals surface area contributed by atoms with Gasteiger partial charge in [0, 0.05) is 11.9 Å². The third-order valence-electron chi connectivity index (χ3n) is 0.932. The van der Waals surface area contributed by atoms with Crippen LogP contribution in [0.4, 0.5) is 0 Å². The Balaban J connectivity index is 2.67. The molecule has 0 saturated heterocycles. The average molecular weight is 106 g/mol. The highest BCUT2D eigenvalue weighted by molar-refractivity contribution is 5.07. The highest BCUT2D eigenvalue weighted by Crippen LogP contribution is 1.92. The van der Waals surface area contributed by atoms with E-state index in [1.807, 2.05) is 24.4 Å². The number of nitrogens with one attached hydrogen (secondary N) is 1. The van der Waals surface area contributed by atoms with E-state index in [9.17, 15) is 0 Å². The minimum Gasteiger partial charge on any atom is -0.364 e. The Morgan fingerprint density at radius 1 is 1.75 bits per heavy atom. The van der Waals surface area contributed by atoms with E-state index >= 15 is 0 Å². The second-order valence-corrected chi connectivity index (χ2v) is 1.53. The number of nitriles is 1. The van der Waals surface area contributed by atoms with Gasteiger partial charge in [0.15, 0.2) is 0 Å². The summed E-state index contributed by atoms with van der Waals surface area (Å²) in [5.41, 5.74) is 0.979. The first-order chi connectivity index (χ1) is 3.93. The molecule has 0 radical (unpaired) electrons. The zero-order valence-electron chi connectivity index (χ0n) is 4.39. The van der Waals surface area contributed by atoms with Gasteiger partial charge < -0.3 is 4.98 Å². The van der Waals surface area contributed by atoms with Gasteiger partial charge in [-0.3, -0.25) is 0 Å². The Morgan fingerprint density at radius 2 is 2.62 bits per heavy atom. The molecule has 2 heteroatoms. The standard InChI is InChI=1S/C6H6N2/c7-4-3-6-2-1-5-8-6/h1-2,5,8H,3H2. The summed E-state index contributed by atoms with van der Waals surface area (Å²) < 4.78 is 0. The first-order valence-electron chi connectivity index (χ1n) is 2.42. The predicted molar refractivity (Wildman–Crippen MR) is 30.1 cm³/mol. The van der Waals surface area contributed by atoms with Crippen LogP contribution in [0.5, 0.6) is 0 Å². The highest BCUT2D eigenvalue weighted by atomic mass is 14.7. The van der Waals surface area contributed by atoms with E-state index in [0.717, 1.165) is 5.69 Å². The third kappa shape index (κ3) is 0.881. The summed E-state index contributed by atoms with van der Waals surface area (Å²) in [6, 6.07) is 5.81. The lowest BCUT2D eigenvalue weighted by atomic mass is 10.3. The summed E-state index contributed by atoms with van der Waals surface area (Å²) in [5, 5.41) is 8.17. The SMILES string of the molecule is N#CCc1ccc[nH]1. The zero-order chi connectivity index (χ0) is 5.82. The minimum atomic E-state index is 0.479. The first kappa shape index (κ1) is 4.92. The molecule has 0 amide bonds. The monoisotopic (exact) mass is 106 g/mol. The molecule has 1 N–H and O–H groups in total. The molecule has 1 rings (SSSR count). The Labute approximate surface area is 47.8 Å². The van der Waals surface area contributed by atoms with Crippen LogP contribution in [0, 0.1) is 11.3 Å². The molecule has 1 heterocycles. The second kappa shape index (κ2) is 2.17. The second-order valence-electron chi connectivity index (χ2n) is 1.53. The van der Waals surface area contributed by atoms with Crippen molar-refractivity contribution in [3.8, 4) is 6.07 Å². The van der Waals surface area contributed by atoms with Crippen molar-refractivity contribution < 1.29 is 0 Å². The zero-order valence-corrected chi connectivity index (χ0v) is 4.39. The summed E-state index contributed by atoms with van der Waals surface area (Å²) in [7, 11) is 0. The lowest BCUT2D eigenvalue weighted by Crippen LogP contribution is -1.76. The molecule has 0 unspecified atom stereocenters. The van der Waals surface area contributed by atoms with Crippen LogP contribution < -0.4 is 0 Å². The molecule has 0 saturated carbocycles. The Kier molecular flexibility index (Phi) is 1.34. The van der Waals surface area contributed by atoms with Crippen molar-refractivity contribution in [2.75, 3.05) is 0 Å². The van der Waals surface area contributed by atoms with E-state index in [0.29, 0.717) is 6.42 Å². The Morgan fingerprint density at radius 3 is 3.12 bits per heavy atom. The highest BCUT2D eigenvalue weighted by Gasteiger charge is 1.85. The molecule has 1 aromatic rings.